The molecular weight excluding hydrogens is 272 g/mol. The molecule has 0 bridgehead atoms. The molecule has 2 rings (SSSR count). The van der Waals surface area contributed by atoms with Gasteiger partial charge in [0.25, 0.3) is 5.91 Å². The zero-order valence-electron chi connectivity index (χ0n) is 12.1. The third-order valence-corrected chi connectivity index (χ3v) is 3.26. The highest BCUT2D eigenvalue weighted by atomic mass is 16.5. The number of ether oxygens (including phenoxy) is 1. The maximum atomic E-state index is 11.6. The van der Waals surface area contributed by atoms with E-state index in [0.29, 0.717) is 25.3 Å². The minimum Gasteiger partial charge on any atom is -0.472 e. The van der Waals surface area contributed by atoms with E-state index in [1.807, 2.05) is 0 Å². The highest BCUT2D eigenvalue weighted by Crippen LogP contribution is 2.28. The van der Waals surface area contributed by atoms with E-state index in [1.54, 1.807) is 6.07 Å². The van der Waals surface area contributed by atoms with Crippen molar-refractivity contribution in [1.82, 2.24) is 10.6 Å². The molecule has 1 fully saturated rings. The van der Waals surface area contributed by atoms with Crippen LogP contribution < -0.4 is 10.6 Å². The quantitative estimate of drug-likeness (QED) is 0.638. The second-order valence-electron chi connectivity index (χ2n) is 5.24. The van der Waals surface area contributed by atoms with Gasteiger partial charge in [-0.2, -0.15) is 0 Å². The summed E-state index contributed by atoms with van der Waals surface area (Å²) in [6.07, 6.45) is 6.48. The van der Waals surface area contributed by atoms with Crippen LogP contribution in [0.25, 0.3) is 0 Å². The fraction of sp³-hybridized carbons (Fsp3) is 0.600. The van der Waals surface area contributed by atoms with Gasteiger partial charge in [0.15, 0.2) is 0 Å². The zero-order chi connectivity index (χ0) is 14.9. The summed E-state index contributed by atoms with van der Waals surface area (Å²) in [6, 6.07) is 1.58. The summed E-state index contributed by atoms with van der Waals surface area (Å²) in [4.78, 5) is 23.1. The average molecular weight is 294 g/mol. The molecule has 116 valence electrons. The SMILES string of the molecule is O=C(CCNC(=O)c1ccoc1)NCCCOCC1CC1. The van der Waals surface area contributed by atoms with Crippen molar-refractivity contribution in [3.05, 3.63) is 24.2 Å². The Kier molecular flexibility index (Phi) is 6.27. The van der Waals surface area contributed by atoms with E-state index in [4.69, 9.17) is 9.15 Å². The molecule has 0 spiro atoms. The Morgan fingerprint density at radius 1 is 1.29 bits per heavy atom. The monoisotopic (exact) mass is 294 g/mol. The molecule has 0 aliphatic heterocycles. The summed E-state index contributed by atoms with van der Waals surface area (Å²) >= 11 is 0. The van der Waals surface area contributed by atoms with Crippen molar-refractivity contribution < 1.29 is 18.7 Å². The van der Waals surface area contributed by atoms with Gasteiger partial charge in [-0.3, -0.25) is 9.59 Å². The van der Waals surface area contributed by atoms with Crippen molar-refractivity contribution in [2.75, 3.05) is 26.3 Å². The molecule has 2 amide bonds. The van der Waals surface area contributed by atoms with Gasteiger partial charge in [-0.25, -0.2) is 0 Å². The smallest absolute Gasteiger partial charge is 0.254 e. The van der Waals surface area contributed by atoms with Gasteiger partial charge in [0.1, 0.15) is 6.26 Å². The summed E-state index contributed by atoms with van der Waals surface area (Å²) in [7, 11) is 0. The molecule has 21 heavy (non-hydrogen) atoms. The van der Waals surface area contributed by atoms with Crippen molar-refractivity contribution in [2.45, 2.75) is 25.7 Å². The lowest BCUT2D eigenvalue weighted by atomic mass is 10.3. The maximum Gasteiger partial charge on any atom is 0.254 e. The molecular formula is C15H22N2O4. The first-order valence-electron chi connectivity index (χ1n) is 7.40. The van der Waals surface area contributed by atoms with E-state index in [9.17, 15) is 9.59 Å². The molecule has 0 atom stereocenters. The highest BCUT2D eigenvalue weighted by molar-refractivity contribution is 5.93. The largest absolute Gasteiger partial charge is 0.472 e. The maximum absolute atomic E-state index is 11.6. The van der Waals surface area contributed by atoms with E-state index in [2.05, 4.69) is 10.6 Å². The van der Waals surface area contributed by atoms with Crippen LogP contribution in [-0.4, -0.2) is 38.1 Å². The van der Waals surface area contributed by atoms with Crippen LogP contribution in [-0.2, 0) is 9.53 Å². The predicted molar refractivity (Wildman–Crippen MR) is 76.8 cm³/mol. The molecule has 0 saturated heterocycles. The van der Waals surface area contributed by atoms with Crippen molar-refractivity contribution in [3.63, 3.8) is 0 Å². The summed E-state index contributed by atoms with van der Waals surface area (Å²) in [5, 5.41) is 5.47. The third-order valence-electron chi connectivity index (χ3n) is 3.26. The lowest BCUT2D eigenvalue weighted by molar-refractivity contribution is -0.121. The molecule has 1 saturated carbocycles. The van der Waals surface area contributed by atoms with E-state index >= 15 is 0 Å². The van der Waals surface area contributed by atoms with Gasteiger partial charge in [-0.15, -0.1) is 0 Å². The molecule has 1 aromatic rings. The minimum absolute atomic E-state index is 0.0651. The lowest BCUT2D eigenvalue weighted by Gasteiger charge is -2.06. The van der Waals surface area contributed by atoms with Crippen molar-refractivity contribution in [3.8, 4) is 0 Å². The molecule has 6 heteroatoms. The number of carbonyl (C=O) groups excluding carboxylic acids is 2. The number of rotatable bonds is 10. The van der Waals surface area contributed by atoms with Gasteiger partial charge in [0, 0.05) is 32.7 Å². The lowest BCUT2D eigenvalue weighted by Crippen LogP contribution is -2.31. The van der Waals surface area contributed by atoms with E-state index < -0.39 is 0 Å². The number of furan rings is 1. The Hall–Kier alpha value is -1.82. The molecule has 1 aromatic heterocycles. The average Bonchev–Trinajstić information content (AvgIpc) is 3.13. The van der Waals surface area contributed by atoms with Crippen LogP contribution in [0, 0.1) is 5.92 Å². The Balaban J connectivity index is 1.42. The Morgan fingerprint density at radius 2 is 2.14 bits per heavy atom. The van der Waals surface area contributed by atoms with Crippen LogP contribution in [0.2, 0.25) is 0 Å². The third kappa shape index (κ3) is 6.44. The van der Waals surface area contributed by atoms with Gasteiger partial charge in [0.2, 0.25) is 5.91 Å². The summed E-state index contributed by atoms with van der Waals surface area (Å²) in [5.74, 6) is 0.480. The predicted octanol–water partition coefficient (Wildman–Crippen LogP) is 1.33. The first-order valence-corrected chi connectivity index (χ1v) is 7.40. The van der Waals surface area contributed by atoms with E-state index in [-0.39, 0.29) is 18.2 Å². The zero-order valence-corrected chi connectivity index (χ0v) is 12.1. The van der Waals surface area contributed by atoms with E-state index in [1.165, 1.54) is 25.4 Å². The van der Waals surface area contributed by atoms with Crippen LogP contribution in [0.5, 0.6) is 0 Å². The van der Waals surface area contributed by atoms with Crippen LogP contribution >= 0.6 is 0 Å². The molecule has 0 aromatic carbocycles. The van der Waals surface area contributed by atoms with E-state index in [0.717, 1.165) is 18.9 Å². The fourth-order valence-corrected chi connectivity index (χ4v) is 1.81. The Labute approximate surface area is 124 Å². The molecule has 1 aliphatic carbocycles. The Bertz CT molecular complexity index is 441. The molecule has 0 unspecified atom stereocenters. The molecule has 1 heterocycles. The first-order chi connectivity index (χ1) is 10.3. The normalized spacial score (nSPS) is 13.9. The van der Waals surface area contributed by atoms with Gasteiger partial charge >= 0.3 is 0 Å². The van der Waals surface area contributed by atoms with Crippen LogP contribution in [0.1, 0.15) is 36.0 Å². The van der Waals surface area contributed by atoms with Gasteiger partial charge in [-0.1, -0.05) is 0 Å². The summed E-state index contributed by atoms with van der Waals surface area (Å²) < 4.78 is 10.3. The summed E-state index contributed by atoms with van der Waals surface area (Å²) in [6.45, 7) is 2.47. The van der Waals surface area contributed by atoms with Gasteiger partial charge in [-0.05, 0) is 31.2 Å². The first kappa shape index (κ1) is 15.6. The van der Waals surface area contributed by atoms with Crippen molar-refractivity contribution >= 4 is 11.8 Å². The molecule has 1 aliphatic rings. The molecule has 6 nitrogen and oxygen atoms in total. The molecule has 2 N–H and O–H groups in total. The number of hydrogen-bond acceptors (Lipinski definition) is 4. The van der Waals surface area contributed by atoms with Crippen LogP contribution in [0.4, 0.5) is 0 Å². The number of nitrogens with one attached hydrogen (secondary N) is 2. The van der Waals surface area contributed by atoms with Crippen LogP contribution in [0.3, 0.4) is 0 Å². The van der Waals surface area contributed by atoms with Crippen molar-refractivity contribution in [1.29, 1.82) is 0 Å². The Morgan fingerprint density at radius 3 is 2.86 bits per heavy atom. The summed E-state index contributed by atoms with van der Waals surface area (Å²) in [5.41, 5.74) is 0.461. The standard InChI is InChI=1S/C15H22N2O4/c18-14(16-6-1-8-20-10-12-2-3-12)4-7-17-15(19)13-5-9-21-11-13/h5,9,11-12H,1-4,6-8,10H2,(H,16,18)(H,17,19). The number of hydrogen-bond donors (Lipinski definition) is 2. The van der Waals surface area contributed by atoms with Gasteiger partial charge < -0.3 is 19.8 Å². The van der Waals surface area contributed by atoms with Crippen LogP contribution in [0.15, 0.2) is 23.0 Å². The second kappa shape index (κ2) is 8.46. The topological polar surface area (TPSA) is 80.6 Å². The number of carbonyl (C=O) groups is 2. The van der Waals surface area contributed by atoms with Gasteiger partial charge in [0.05, 0.1) is 11.8 Å². The molecule has 0 radical (unpaired) electrons. The number of amides is 2. The fourth-order valence-electron chi connectivity index (χ4n) is 1.81. The minimum atomic E-state index is -0.231. The highest BCUT2D eigenvalue weighted by Gasteiger charge is 2.20. The second-order valence-corrected chi connectivity index (χ2v) is 5.24. The van der Waals surface area contributed by atoms with Crippen molar-refractivity contribution in [2.24, 2.45) is 5.92 Å².